The van der Waals surface area contributed by atoms with Gasteiger partial charge in [0.25, 0.3) is 0 Å². The van der Waals surface area contributed by atoms with Crippen molar-refractivity contribution in [3.63, 3.8) is 0 Å². The van der Waals surface area contributed by atoms with Gasteiger partial charge in [-0.15, -0.1) is 12.4 Å². The molecule has 0 aromatic heterocycles. The summed E-state index contributed by atoms with van der Waals surface area (Å²) >= 11 is 0. The normalized spacial score (nSPS) is 20.9. The first-order chi connectivity index (χ1) is 7.74. The number of unbranched alkanes of at least 4 members (excludes halogenated alkanes) is 2. The van der Waals surface area contributed by atoms with Gasteiger partial charge in [-0.3, -0.25) is 4.79 Å². The molecule has 0 spiro atoms. The molecule has 4 nitrogen and oxygen atoms in total. The molecule has 17 heavy (non-hydrogen) atoms. The van der Waals surface area contributed by atoms with Crippen LogP contribution >= 0.6 is 12.4 Å². The van der Waals surface area contributed by atoms with E-state index in [1.165, 1.54) is 6.42 Å². The topological polar surface area (TPSA) is 49.8 Å². The Labute approximate surface area is 110 Å². The van der Waals surface area contributed by atoms with Crippen molar-refractivity contribution in [2.24, 2.45) is 5.92 Å². The van der Waals surface area contributed by atoms with E-state index in [9.17, 15) is 4.79 Å². The molecular weight excluding hydrogens is 242 g/mol. The lowest BCUT2D eigenvalue weighted by atomic mass is 9.98. The Bertz CT molecular complexity index is 214. The Kier molecular flexibility index (Phi) is 9.50. The van der Waals surface area contributed by atoms with Gasteiger partial charge in [-0.2, -0.15) is 0 Å². The molecule has 1 rings (SSSR count). The fourth-order valence-corrected chi connectivity index (χ4v) is 2.22. The molecule has 1 N–H and O–H groups in total. The highest BCUT2D eigenvalue weighted by Crippen LogP contribution is 2.17. The average molecular weight is 266 g/mol. The van der Waals surface area contributed by atoms with E-state index >= 15 is 0 Å². The molecule has 0 bridgehead atoms. The molecule has 0 aromatic carbocycles. The van der Waals surface area contributed by atoms with E-state index < -0.39 is 5.97 Å². The van der Waals surface area contributed by atoms with Gasteiger partial charge < -0.3 is 14.7 Å². The van der Waals surface area contributed by atoms with Gasteiger partial charge in [0, 0.05) is 20.3 Å². The largest absolute Gasteiger partial charge is 0.481 e. The summed E-state index contributed by atoms with van der Waals surface area (Å²) in [6.07, 6.45) is 5.29. The number of carboxylic acids is 1. The zero-order chi connectivity index (χ0) is 11.8. The van der Waals surface area contributed by atoms with E-state index in [0.29, 0.717) is 0 Å². The first kappa shape index (κ1) is 16.7. The fraction of sp³-hybridized carbons (Fsp3) is 0.917. The number of methoxy groups -OCH3 is 1. The monoisotopic (exact) mass is 265 g/mol. The quantitative estimate of drug-likeness (QED) is 0.716. The van der Waals surface area contributed by atoms with Crippen LogP contribution < -0.4 is 0 Å². The third-order valence-corrected chi connectivity index (χ3v) is 3.18. The second kappa shape index (κ2) is 9.68. The molecule has 1 aliphatic rings. The zero-order valence-corrected chi connectivity index (χ0v) is 11.4. The van der Waals surface area contributed by atoms with Gasteiger partial charge in [0.2, 0.25) is 0 Å². The molecule has 0 amide bonds. The number of halogens is 1. The van der Waals surface area contributed by atoms with Crippen molar-refractivity contribution in [2.75, 3.05) is 33.4 Å². The molecule has 102 valence electrons. The summed E-state index contributed by atoms with van der Waals surface area (Å²) < 4.78 is 4.99. The Balaban J connectivity index is 0.00000256. The molecule has 1 aliphatic heterocycles. The standard InChI is InChI=1S/C12H23NO3.ClH/c1-16-9-4-2-3-7-13-8-5-6-11(10-13)12(14)15;/h11H,2-10H2,1H3,(H,14,15);1H. The smallest absolute Gasteiger partial charge is 0.307 e. The Morgan fingerprint density at radius 1 is 1.41 bits per heavy atom. The van der Waals surface area contributed by atoms with Gasteiger partial charge in [0.05, 0.1) is 5.92 Å². The second-order valence-electron chi connectivity index (χ2n) is 4.53. The molecule has 0 aliphatic carbocycles. The van der Waals surface area contributed by atoms with Crippen molar-refractivity contribution < 1.29 is 14.6 Å². The second-order valence-corrected chi connectivity index (χ2v) is 4.53. The SMILES string of the molecule is COCCCCCN1CCCC(C(=O)O)C1.Cl. The number of rotatable bonds is 7. The van der Waals surface area contributed by atoms with Gasteiger partial charge in [-0.25, -0.2) is 0 Å². The number of carbonyl (C=O) groups is 1. The molecule has 1 fully saturated rings. The fourth-order valence-electron chi connectivity index (χ4n) is 2.22. The lowest BCUT2D eigenvalue weighted by Gasteiger charge is -2.30. The summed E-state index contributed by atoms with van der Waals surface area (Å²) in [7, 11) is 1.72. The molecule has 1 saturated heterocycles. The van der Waals surface area contributed by atoms with Crippen LogP contribution in [-0.4, -0.2) is 49.3 Å². The van der Waals surface area contributed by atoms with Crippen LogP contribution in [0.1, 0.15) is 32.1 Å². The van der Waals surface area contributed by atoms with Crippen LogP contribution in [0.5, 0.6) is 0 Å². The molecule has 1 atom stereocenters. The molecule has 5 heteroatoms. The Morgan fingerprint density at radius 2 is 2.18 bits per heavy atom. The van der Waals surface area contributed by atoms with Crippen molar-refractivity contribution >= 4 is 18.4 Å². The molecule has 0 aromatic rings. The molecule has 0 saturated carbocycles. The maximum atomic E-state index is 10.9. The summed E-state index contributed by atoms with van der Waals surface area (Å²) in [6.45, 7) is 3.67. The van der Waals surface area contributed by atoms with E-state index in [-0.39, 0.29) is 18.3 Å². The van der Waals surface area contributed by atoms with Gasteiger partial charge in [-0.05, 0) is 45.2 Å². The number of aliphatic carboxylic acids is 1. The minimum Gasteiger partial charge on any atom is -0.481 e. The van der Waals surface area contributed by atoms with Crippen LogP contribution in [-0.2, 0) is 9.53 Å². The predicted molar refractivity (Wildman–Crippen MR) is 69.8 cm³/mol. The number of hydrogen-bond donors (Lipinski definition) is 1. The van der Waals surface area contributed by atoms with Gasteiger partial charge >= 0.3 is 5.97 Å². The van der Waals surface area contributed by atoms with Gasteiger partial charge in [-0.1, -0.05) is 0 Å². The van der Waals surface area contributed by atoms with Crippen LogP contribution in [0.15, 0.2) is 0 Å². The van der Waals surface area contributed by atoms with E-state index in [1.807, 2.05) is 0 Å². The summed E-state index contributed by atoms with van der Waals surface area (Å²) in [5, 5.41) is 8.95. The summed E-state index contributed by atoms with van der Waals surface area (Å²) in [4.78, 5) is 13.2. The van der Waals surface area contributed by atoms with E-state index in [4.69, 9.17) is 9.84 Å². The third kappa shape index (κ3) is 6.86. The van der Waals surface area contributed by atoms with Crippen LogP contribution in [0.25, 0.3) is 0 Å². The minimum atomic E-state index is -0.635. The van der Waals surface area contributed by atoms with E-state index in [2.05, 4.69) is 4.90 Å². The summed E-state index contributed by atoms with van der Waals surface area (Å²) in [5.74, 6) is -0.781. The van der Waals surface area contributed by atoms with Gasteiger partial charge in [0.15, 0.2) is 0 Å². The number of carboxylic acid groups (broad SMARTS) is 1. The highest BCUT2D eigenvalue weighted by Gasteiger charge is 2.24. The van der Waals surface area contributed by atoms with Crippen molar-refractivity contribution in [1.29, 1.82) is 0 Å². The van der Waals surface area contributed by atoms with Crippen molar-refractivity contribution in [2.45, 2.75) is 32.1 Å². The average Bonchev–Trinajstić information content (AvgIpc) is 2.29. The van der Waals surface area contributed by atoms with Crippen LogP contribution in [0.3, 0.4) is 0 Å². The lowest BCUT2D eigenvalue weighted by molar-refractivity contribution is -0.143. The third-order valence-electron chi connectivity index (χ3n) is 3.18. The lowest BCUT2D eigenvalue weighted by Crippen LogP contribution is -2.39. The minimum absolute atomic E-state index is 0. The first-order valence-electron chi connectivity index (χ1n) is 6.18. The maximum absolute atomic E-state index is 10.9. The van der Waals surface area contributed by atoms with Crippen LogP contribution in [0.4, 0.5) is 0 Å². The van der Waals surface area contributed by atoms with Crippen molar-refractivity contribution in [1.82, 2.24) is 4.90 Å². The Hall–Kier alpha value is -0.320. The number of nitrogens with zero attached hydrogens (tertiary/aromatic N) is 1. The number of hydrogen-bond acceptors (Lipinski definition) is 3. The summed E-state index contributed by atoms with van der Waals surface area (Å²) in [5.41, 5.74) is 0. The maximum Gasteiger partial charge on any atom is 0.307 e. The Morgan fingerprint density at radius 3 is 2.82 bits per heavy atom. The molecule has 1 heterocycles. The predicted octanol–water partition coefficient (Wildman–Crippen LogP) is 2.02. The summed E-state index contributed by atoms with van der Waals surface area (Å²) in [6, 6.07) is 0. The van der Waals surface area contributed by atoms with Gasteiger partial charge in [0.1, 0.15) is 0 Å². The van der Waals surface area contributed by atoms with Crippen molar-refractivity contribution in [3.05, 3.63) is 0 Å². The van der Waals surface area contributed by atoms with Crippen LogP contribution in [0, 0.1) is 5.92 Å². The number of ether oxygens (including phenoxy) is 1. The van der Waals surface area contributed by atoms with Crippen LogP contribution in [0.2, 0.25) is 0 Å². The molecule has 1 unspecified atom stereocenters. The zero-order valence-electron chi connectivity index (χ0n) is 10.6. The highest BCUT2D eigenvalue weighted by molar-refractivity contribution is 5.85. The van der Waals surface area contributed by atoms with Crippen molar-refractivity contribution in [3.8, 4) is 0 Å². The molecular formula is C12H24ClNO3. The number of piperidine rings is 1. The van der Waals surface area contributed by atoms with E-state index in [1.54, 1.807) is 7.11 Å². The number of likely N-dealkylation sites (tertiary alicyclic amines) is 1. The first-order valence-corrected chi connectivity index (χ1v) is 6.18. The van der Waals surface area contributed by atoms with E-state index in [0.717, 1.165) is 51.9 Å². The molecule has 0 radical (unpaired) electrons. The highest BCUT2D eigenvalue weighted by atomic mass is 35.5.